The van der Waals surface area contributed by atoms with Gasteiger partial charge in [0.1, 0.15) is 11.2 Å². The minimum atomic E-state index is 0.903. The van der Waals surface area contributed by atoms with Crippen molar-refractivity contribution in [3.05, 3.63) is 176 Å². The van der Waals surface area contributed by atoms with E-state index < -0.39 is 0 Å². The van der Waals surface area contributed by atoms with Crippen LogP contribution < -0.4 is 4.90 Å². The van der Waals surface area contributed by atoms with Crippen molar-refractivity contribution in [2.75, 3.05) is 4.90 Å². The maximum absolute atomic E-state index is 6.48. The number of nitrogens with zero attached hydrogens (tertiary/aromatic N) is 1. The highest BCUT2D eigenvalue weighted by Gasteiger charge is 2.17. The van der Waals surface area contributed by atoms with Crippen molar-refractivity contribution in [1.29, 1.82) is 0 Å². The van der Waals surface area contributed by atoms with Crippen molar-refractivity contribution in [3.8, 4) is 33.4 Å². The van der Waals surface area contributed by atoms with Gasteiger partial charge >= 0.3 is 0 Å². The zero-order valence-corrected chi connectivity index (χ0v) is 24.1. The Balaban J connectivity index is 1.23. The van der Waals surface area contributed by atoms with Crippen LogP contribution in [0.25, 0.3) is 55.3 Å². The second kappa shape index (κ2) is 11.1. The fourth-order valence-corrected chi connectivity index (χ4v) is 6.09. The molecule has 0 amide bonds. The molecule has 1 aromatic heterocycles. The lowest BCUT2D eigenvalue weighted by Gasteiger charge is -2.26. The normalized spacial score (nSPS) is 11.2. The molecule has 0 spiro atoms. The molecule has 0 N–H and O–H groups in total. The molecule has 0 atom stereocenters. The summed E-state index contributed by atoms with van der Waals surface area (Å²) in [7, 11) is 0. The Morgan fingerprint density at radius 3 is 1.45 bits per heavy atom. The SMILES string of the molecule is c1ccc(-c2ccc(N(c3ccccc3)c3ccc(-c4cc(-c5ccccc5)cc5c4oc4ccccc45)cc3)cc2)cc1. The number of fused-ring (bicyclic) bond motifs is 3. The lowest BCUT2D eigenvalue weighted by molar-refractivity contribution is 0.670. The molecule has 0 radical (unpaired) electrons. The van der Waals surface area contributed by atoms with E-state index in [1.165, 1.54) is 22.3 Å². The number of benzene rings is 7. The molecule has 44 heavy (non-hydrogen) atoms. The van der Waals surface area contributed by atoms with Crippen LogP contribution in [0.1, 0.15) is 0 Å². The Bertz CT molecular complexity index is 2180. The Kier molecular flexibility index (Phi) is 6.51. The van der Waals surface area contributed by atoms with Crippen LogP contribution in [0, 0.1) is 0 Å². The zero-order chi connectivity index (χ0) is 29.3. The monoisotopic (exact) mass is 563 g/mol. The lowest BCUT2D eigenvalue weighted by atomic mass is 9.95. The number of furan rings is 1. The third-order valence-corrected chi connectivity index (χ3v) is 8.27. The summed E-state index contributed by atoms with van der Waals surface area (Å²) in [4.78, 5) is 2.30. The van der Waals surface area contributed by atoms with Crippen molar-refractivity contribution in [2.45, 2.75) is 0 Å². The standard InChI is InChI=1S/C42H29NO/c1-4-12-30(13-5-1)32-20-24-36(25-21-32)43(35-16-8-3-9-17-35)37-26-22-33(23-27-37)39-28-34(31-14-6-2-7-15-31)29-40-38-18-10-11-19-41(38)44-42(39)40/h1-29H. The molecule has 8 aromatic rings. The smallest absolute Gasteiger partial charge is 0.143 e. The van der Waals surface area contributed by atoms with Gasteiger partial charge in [-0.25, -0.2) is 0 Å². The van der Waals surface area contributed by atoms with Gasteiger partial charge in [-0.05, 0) is 82.4 Å². The van der Waals surface area contributed by atoms with Crippen molar-refractivity contribution < 1.29 is 4.42 Å². The Hall–Kier alpha value is -5.86. The first kappa shape index (κ1) is 25.8. The summed E-state index contributed by atoms with van der Waals surface area (Å²) in [6.45, 7) is 0. The number of para-hydroxylation sites is 2. The van der Waals surface area contributed by atoms with Gasteiger partial charge in [-0.1, -0.05) is 121 Å². The molecule has 0 aliphatic rings. The van der Waals surface area contributed by atoms with E-state index in [-0.39, 0.29) is 0 Å². The van der Waals surface area contributed by atoms with Gasteiger partial charge in [0.2, 0.25) is 0 Å². The summed E-state index contributed by atoms with van der Waals surface area (Å²) in [6, 6.07) is 62.0. The van der Waals surface area contributed by atoms with Crippen LogP contribution in [-0.4, -0.2) is 0 Å². The Labute approximate surface area is 257 Å². The molecule has 208 valence electrons. The second-order valence-corrected chi connectivity index (χ2v) is 11.0. The second-order valence-electron chi connectivity index (χ2n) is 11.0. The van der Waals surface area contributed by atoms with Crippen LogP contribution >= 0.6 is 0 Å². The van der Waals surface area contributed by atoms with E-state index in [1.54, 1.807) is 0 Å². The van der Waals surface area contributed by atoms with E-state index in [0.29, 0.717) is 0 Å². The van der Waals surface area contributed by atoms with E-state index in [9.17, 15) is 0 Å². The quantitative estimate of drug-likeness (QED) is 0.200. The fraction of sp³-hybridized carbons (Fsp3) is 0. The topological polar surface area (TPSA) is 16.4 Å². The third kappa shape index (κ3) is 4.73. The van der Waals surface area contributed by atoms with Crippen molar-refractivity contribution >= 4 is 39.0 Å². The van der Waals surface area contributed by atoms with Crippen LogP contribution in [0.15, 0.2) is 180 Å². The van der Waals surface area contributed by atoms with Gasteiger partial charge in [-0.3, -0.25) is 0 Å². The van der Waals surface area contributed by atoms with Gasteiger partial charge in [0.15, 0.2) is 0 Å². The maximum atomic E-state index is 6.48. The molecular formula is C42H29NO. The molecule has 0 aliphatic heterocycles. The van der Waals surface area contributed by atoms with Gasteiger partial charge in [-0.15, -0.1) is 0 Å². The highest BCUT2D eigenvalue weighted by molar-refractivity contribution is 6.11. The number of hydrogen-bond donors (Lipinski definition) is 0. The average molecular weight is 564 g/mol. The van der Waals surface area contributed by atoms with Crippen molar-refractivity contribution in [1.82, 2.24) is 0 Å². The molecule has 0 bridgehead atoms. The van der Waals surface area contributed by atoms with Crippen LogP contribution in [-0.2, 0) is 0 Å². The Morgan fingerprint density at radius 2 is 0.818 bits per heavy atom. The lowest BCUT2D eigenvalue weighted by Crippen LogP contribution is -2.09. The summed E-state index contributed by atoms with van der Waals surface area (Å²) in [5.41, 5.74) is 12.1. The molecule has 0 saturated heterocycles. The van der Waals surface area contributed by atoms with Gasteiger partial charge in [0.05, 0.1) is 0 Å². The molecule has 8 rings (SSSR count). The average Bonchev–Trinajstić information content (AvgIpc) is 3.49. The summed E-state index contributed by atoms with van der Waals surface area (Å²) < 4.78 is 6.48. The predicted octanol–water partition coefficient (Wildman–Crippen LogP) is 12.1. The molecule has 1 heterocycles. The first-order chi connectivity index (χ1) is 21.8. The van der Waals surface area contributed by atoms with E-state index in [1.807, 2.05) is 12.1 Å². The highest BCUT2D eigenvalue weighted by atomic mass is 16.3. The minimum absolute atomic E-state index is 0.903. The van der Waals surface area contributed by atoms with E-state index in [2.05, 4.69) is 169 Å². The molecule has 0 saturated carbocycles. The van der Waals surface area contributed by atoms with E-state index in [0.717, 1.165) is 50.1 Å². The summed E-state index contributed by atoms with van der Waals surface area (Å²) in [5.74, 6) is 0. The minimum Gasteiger partial charge on any atom is -0.455 e. The zero-order valence-electron chi connectivity index (χ0n) is 24.1. The Morgan fingerprint density at radius 1 is 0.341 bits per heavy atom. The van der Waals surface area contributed by atoms with E-state index in [4.69, 9.17) is 4.42 Å². The number of rotatable bonds is 6. The maximum Gasteiger partial charge on any atom is 0.143 e. The number of anilines is 3. The van der Waals surface area contributed by atoms with Crippen molar-refractivity contribution in [3.63, 3.8) is 0 Å². The van der Waals surface area contributed by atoms with Crippen LogP contribution in [0.2, 0.25) is 0 Å². The van der Waals surface area contributed by atoms with Crippen LogP contribution in [0.5, 0.6) is 0 Å². The predicted molar refractivity (Wildman–Crippen MR) is 185 cm³/mol. The van der Waals surface area contributed by atoms with Crippen molar-refractivity contribution in [2.24, 2.45) is 0 Å². The molecule has 0 unspecified atom stereocenters. The third-order valence-electron chi connectivity index (χ3n) is 8.27. The molecule has 0 fully saturated rings. The largest absolute Gasteiger partial charge is 0.455 e. The number of hydrogen-bond acceptors (Lipinski definition) is 2. The first-order valence-corrected chi connectivity index (χ1v) is 14.9. The highest BCUT2D eigenvalue weighted by Crippen LogP contribution is 2.41. The molecular weight excluding hydrogens is 534 g/mol. The van der Waals surface area contributed by atoms with Gasteiger partial charge in [0.25, 0.3) is 0 Å². The molecule has 7 aromatic carbocycles. The summed E-state index contributed by atoms with van der Waals surface area (Å²) in [6.07, 6.45) is 0. The van der Waals surface area contributed by atoms with Crippen LogP contribution in [0.3, 0.4) is 0 Å². The fourth-order valence-electron chi connectivity index (χ4n) is 6.09. The molecule has 2 nitrogen and oxygen atoms in total. The first-order valence-electron chi connectivity index (χ1n) is 14.9. The van der Waals surface area contributed by atoms with Gasteiger partial charge in [-0.2, -0.15) is 0 Å². The van der Waals surface area contributed by atoms with Gasteiger partial charge < -0.3 is 9.32 Å². The van der Waals surface area contributed by atoms with Gasteiger partial charge in [0, 0.05) is 33.4 Å². The molecule has 2 heteroatoms. The molecule has 0 aliphatic carbocycles. The van der Waals surface area contributed by atoms with Crippen LogP contribution in [0.4, 0.5) is 17.1 Å². The van der Waals surface area contributed by atoms with E-state index >= 15 is 0 Å². The summed E-state index contributed by atoms with van der Waals surface area (Å²) >= 11 is 0. The summed E-state index contributed by atoms with van der Waals surface area (Å²) in [5, 5.41) is 2.26.